The van der Waals surface area contributed by atoms with E-state index in [4.69, 9.17) is 9.47 Å². The topological polar surface area (TPSA) is 67.9 Å². The lowest BCUT2D eigenvalue weighted by Crippen LogP contribution is -2.41. The zero-order valence-corrected chi connectivity index (χ0v) is 13.6. The van der Waals surface area contributed by atoms with Gasteiger partial charge in [0.2, 0.25) is 18.6 Å². The van der Waals surface area contributed by atoms with Crippen molar-refractivity contribution in [2.24, 2.45) is 0 Å². The fourth-order valence-corrected chi connectivity index (χ4v) is 3.19. The largest absolute Gasteiger partial charge is 0.454 e. The van der Waals surface area contributed by atoms with Crippen LogP contribution >= 0.6 is 0 Å². The molecule has 6 heteroatoms. The Morgan fingerprint density at radius 2 is 1.92 bits per heavy atom. The van der Waals surface area contributed by atoms with Gasteiger partial charge < -0.3 is 19.7 Å². The van der Waals surface area contributed by atoms with Crippen LogP contribution in [0.1, 0.15) is 18.4 Å². The van der Waals surface area contributed by atoms with E-state index < -0.39 is 6.04 Å². The molecule has 0 radical (unpaired) electrons. The summed E-state index contributed by atoms with van der Waals surface area (Å²) in [6.07, 6.45) is 0.916. The van der Waals surface area contributed by atoms with Gasteiger partial charge in [0.15, 0.2) is 11.5 Å². The summed E-state index contributed by atoms with van der Waals surface area (Å²) in [7, 11) is 0. The van der Waals surface area contributed by atoms with Gasteiger partial charge in [-0.05, 0) is 36.2 Å². The number of benzene rings is 2. The van der Waals surface area contributed by atoms with E-state index in [2.05, 4.69) is 5.32 Å². The minimum atomic E-state index is -0.460. The van der Waals surface area contributed by atoms with Crippen molar-refractivity contribution in [1.29, 1.82) is 0 Å². The van der Waals surface area contributed by atoms with Gasteiger partial charge >= 0.3 is 0 Å². The van der Waals surface area contributed by atoms with Crippen molar-refractivity contribution in [2.45, 2.75) is 25.4 Å². The molecule has 1 atom stereocenters. The molecule has 6 nitrogen and oxygen atoms in total. The maximum absolute atomic E-state index is 12.6. The second kappa shape index (κ2) is 6.47. The van der Waals surface area contributed by atoms with Gasteiger partial charge in [0.1, 0.15) is 6.04 Å². The highest BCUT2D eigenvalue weighted by Crippen LogP contribution is 2.33. The van der Waals surface area contributed by atoms with E-state index in [0.717, 1.165) is 11.3 Å². The average Bonchev–Trinajstić information content (AvgIpc) is 3.23. The van der Waals surface area contributed by atoms with E-state index in [-0.39, 0.29) is 18.6 Å². The Balaban J connectivity index is 1.49. The highest BCUT2D eigenvalue weighted by molar-refractivity contribution is 5.99. The number of ether oxygens (including phenoxy) is 2. The minimum Gasteiger partial charge on any atom is -0.454 e. The lowest BCUT2D eigenvalue weighted by molar-refractivity contribution is -0.133. The van der Waals surface area contributed by atoms with Gasteiger partial charge in [0.25, 0.3) is 0 Å². The van der Waals surface area contributed by atoms with Gasteiger partial charge in [-0.15, -0.1) is 0 Å². The quantitative estimate of drug-likeness (QED) is 0.930. The third-order valence-corrected chi connectivity index (χ3v) is 4.46. The van der Waals surface area contributed by atoms with Crippen LogP contribution in [0.15, 0.2) is 48.5 Å². The van der Waals surface area contributed by atoms with E-state index in [1.165, 1.54) is 0 Å². The highest BCUT2D eigenvalue weighted by Gasteiger charge is 2.36. The Labute approximate surface area is 145 Å². The Bertz CT molecular complexity index is 806. The van der Waals surface area contributed by atoms with Gasteiger partial charge in [0, 0.05) is 18.7 Å². The number of fused-ring (bicyclic) bond motifs is 1. The molecule has 2 aliphatic heterocycles. The van der Waals surface area contributed by atoms with E-state index in [1.54, 1.807) is 4.90 Å². The fraction of sp³-hybridized carbons (Fsp3) is 0.263. The molecular formula is C19H18N2O4. The molecule has 0 bridgehead atoms. The third-order valence-electron chi connectivity index (χ3n) is 4.46. The molecule has 0 aromatic heterocycles. The van der Waals surface area contributed by atoms with E-state index >= 15 is 0 Å². The zero-order valence-electron chi connectivity index (χ0n) is 13.6. The SMILES string of the molecule is O=C(Nc1ccccc1)[C@H]1CCC(=O)N1Cc1ccc2c(c1)OCO2. The van der Waals surface area contributed by atoms with Gasteiger partial charge in [-0.2, -0.15) is 0 Å². The molecule has 0 aliphatic carbocycles. The van der Waals surface area contributed by atoms with Crippen LogP contribution in [0.4, 0.5) is 5.69 Å². The van der Waals surface area contributed by atoms with Crippen molar-refractivity contribution < 1.29 is 19.1 Å². The van der Waals surface area contributed by atoms with Crippen LogP contribution in [0.3, 0.4) is 0 Å². The molecule has 1 fully saturated rings. The first-order valence-electron chi connectivity index (χ1n) is 8.24. The number of carbonyl (C=O) groups excluding carboxylic acids is 2. The highest BCUT2D eigenvalue weighted by atomic mass is 16.7. The first-order chi connectivity index (χ1) is 12.2. The van der Waals surface area contributed by atoms with Crippen molar-refractivity contribution in [3.8, 4) is 11.5 Å². The molecule has 2 aromatic carbocycles. The number of nitrogens with zero attached hydrogens (tertiary/aromatic N) is 1. The van der Waals surface area contributed by atoms with Gasteiger partial charge in [0.05, 0.1) is 0 Å². The zero-order chi connectivity index (χ0) is 17.2. The molecule has 128 valence electrons. The molecule has 2 amide bonds. The van der Waals surface area contributed by atoms with Gasteiger partial charge in [-0.3, -0.25) is 9.59 Å². The lowest BCUT2D eigenvalue weighted by atomic mass is 10.1. The number of para-hydroxylation sites is 1. The van der Waals surface area contributed by atoms with E-state index in [0.29, 0.717) is 30.9 Å². The number of nitrogens with one attached hydrogen (secondary N) is 1. The van der Waals surface area contributed by atoms with E-state index in [1.807, 2.05) is 48.5 Å². The summed E-state index contributed by atoms with van der Waals surface area (Å²) in [5.74, 6) is 1.22. The first kappa shape index (κ1) is 15.5. The summed E-state index contributed by atoms with van der Waals surface area (Å²) in [5, 5.41) is 2.88. The van der Waals surface area contributed by atoms with Crippen LogP contribution in [0.5, 0.6) is 11.5 Å². The molecule has 2 heterocycles. The van der Waals surface area contributed by atoms with Crippen LogP contribution in [0.25, 0.3) is 0 Å². The molecular weight excluding hydrogens is 320 g/mol. The average molecular weight is 338 g/mol. The van der Waals surface area contributed by atoms with E-state index in [9.17, 15) is 9.59 Å². The van der Waals surface area contributed by atoms with Crippen molar-refractivity contribution in [2.75, 3.05) is 12.1 Å². The molecule has 2 aliphatic rings. The first-order valence-corrected chi connectivity index (χ1v) is 8.24. The monoisotopic (exact) mass is 338 g/mol. The molecule has 2 aromatic rings. The summed E-state index contributed by atoms with van der Waals surface area (Å²) in [6, 6.07) is 14.4. The number of amides is 2. The lowest BCUT2D eigenvalue weighted by Gasteiger charge is -2.24. The van der Waals surface area contributed by atoms with Crippen LogP contribution < -0.4 is 14.8 Å². The number of anilines is 1. The molecule has 1 N–H and O–H groups in total. The molecule has 0 unspecified atom stereocenters. The van der Waals surface area contributed by atoms with Gasteiger partial charge in [-0.1, -0.05) is 24.3 Å². The third kappa shape index (κ3) is 3.15. The summed E-state index contributed by atoms with van der Waals surface area (Å²) in [6.45, 7) is 0.589. The Morgan fingerprint density at radius 3 is 2.76 bits per heavy atom. The predicted octanol–water partition coefficient (Wildman–Crippen LogP) is 2.55. The number of carbonyl (C=O) groups is 2. The molecule has 0 saturated carbocycles. The number of hydrogen-bond acceptors (Lipinski definition) is 4. The standard InChI is InChI=1S/C19H18N2O4/c22-18-9-7-15(19(23)20-14-4-2-1-3-5-14)21(18)11-13-6-8-16-17(10-13)25-12-24-16/h1-6,8,10,15H,7,9,11-12H2,(H,20,23)/t15-/m1/s1. The maximum atomic E-state index is 12.6. The van der Waals surface area contributed by atoms with Crippen LogP contribution in [-0.4, -0.2) is 29.5 Å². The molecule has 4 rings (SSSR count). The van der Waals surface area contributed by atoms with Crippen LogP contribution in [-0.2, 0) is 16.1 Å². The van der Waals surface area contributed by atoms with Crippen molar-refractivity contribution in [3.05, 3.63) is 54.1 Å². The van der Waals surface area contributed by atoms with Crippen molar-refractivity contribution in [1.82, 2.24) is 4.90 Å². The molecule has 25 heavy (non-hydrogen) atoms. The summed E-state index contributed by atoms with van der Waals surface area (Å²) in [4.78, 5) is 26.5. The number of rotatable bonds is 4. The fourth-order valence-electron chi connectivity index (χ4n) is 3.19. The molecule has 1 saturated heterocycles. The second-order valence-electron chi connectivity index (χ2n) is 6.12. The summed E-state index contributed by atoms with van der Waals surface area (Å²) in [5.41, 5.74) is 1.65. The maximum Gasteiger partial charge on any atom is 0.247 e. The normalized spacial score (nSPS) is 18.5. The number of likely N-dealkylation sites (tertiary alicyclic amines) is 1. The van der Waals surface area contributed by atoms with Gasteiger partial charge in [-0.25, -0.2) is 0 Å². The minimum absolute atomic E-state index is 0.00845. The molecule has 0 spiro atoms. The Kier molecular flexibility index (Phi) is 4.01. The van der Waals surface area contributed by atoms with Crippen LogP contribution in [0.2, 0.25) is 0 Å². The van der Waals surface area contributed by atoms with Crippen molar-refractivity contribution >= 4 is 17.5 Å². The predicted molar refractivity (Wildman–Crippen MR) is 91.2 cm³/mol. The Morgan fingerprint density at radius 1 is 1.12 bits per heavy atom. The smallest absolute Gasteiger partial charge is 0.247 e. The summed E-state index contributed by atoms with van der Waals surface area (Å²) < 4.78 is 10.7. The second-order valence-corrected chi connectivity index (χ2v) is 6.12. The Hall–Kier alpha value is -3.02. The summed E-state index contributed by atoms with van der Waals surface area (Å²) >= 11 is 0. The van der Waals surface area contributed by atoms with Crippen molar-refractivity contribution in [3.63, 3.8) is 0 Å². The number of hydrogen-bond donors (Lipinski definition) is 1. The van der Waals surface area contributed by atoms with Crippen LogP contribution in [0, 0.1) is 0 Å².